The summed E-state index contributed by atoms with van der Waals surface area (Å²) in [6.07, 6.45) is 2.71. The van der Waals surface area contributed by atoms with Crippen LogP contribution in [-0.2, 0) is 14.3 Å². The molecule has 0 radical (unpaired) electrons. The fourth-order valence-electron chi connectivity index (χ4n) is 3.11. The lowest BCUT2D eigenvalue weighted by molar-refractivity contribution is -0.143. The predicted molar refractivity (Wildman–Crippen MR) is 78.7 cm³/mol. The van der Waals surface area contributed by atoms with Gasteiger partial charge >= 0.3 is 5.97 Å². The predicted octanol–water partition coefficient (Wildman–Crippen LogP) is 2.26. The maximum Gasteiger partial charge on any atom is 0.330 e. The Labute approximate surface area is 130 Å². The van der Waals surface area contributed by atoms with Crippen LogP contribution in [0.4, 0.5) is 0 Å². The smallest absolute Gasteiger partial charge is 0.330 e. The summed E-state index contributed by atoms with van der Waals surface area (Å²) < 4.78 is 6.52. The number of carboxylic acid groups (broad SMARTS) is 1. The molecule has 2 aliphatic rings. The fraction of sp³-hybridized carbons (Fsp3) is 0.467. The number of rotatable bonds is 4. The third kappa shape index (κ3) is 2.96. The molecule has 4 atom stereocenters. The van der Waals surface area contributed by atoms with Crippen molar-refractivity contribution in [1.82, 2.24) is 5.32 Å². The third-order valence-corrected chi connectivity index (χ3v) is 4.71. The molecule has 2 bridgehead atoms. The van der Waals surface area contributed by atoms with Crippen molar-refractivity contribution in [3.8, 4) is 0 Å². The molecule has 2 aliphatic heterocycles. The Hall–Kier alpha value is -1.40. The number of ether oxygens (including phenoxy) is 1. The summed E-state index contributed by atoms with van der Waals surface area (Å²) in [4.78, 5) is 23.8. The van der Waals surface area contributed by atoms with E-state index in [4.69, 9.17) is 4.74 Å². The molecule has 1 aromatic rings. The molecule has 6 heteroatoms. The number of hydrogen-bond acceptors (Lipinski definition) is 3. The number of aliphatic carboxylic acids is 1. The molecule has 112 valence electrons. The number of carboxylic acids is 1. The Balaban J connectivity index is 1.72. The molecule has 1 amide bonds. The van der Waals surface area contributed by atoms with Crippen LogP contribution >= 0.6 is 15.9 Å². The summed E-state index contributed by atoms with van der Waals surface area (Å²) in [5, 5.41) is 12.0. The third-order valence-electron chi connectivity index (χ3n) is 4.18. The lowest BCUT2D eigenvalue weighted by Crippen LogP contribution is -2.40. The van der Waals surface area contributed by atoms with Gasteiger partial charge in [0, 0.05) is 4.47 Å². The summed E-state index contributed by atoms with van der Waals surface area (Å²) in [6.45, 7) is 0. The van der Waals surface area contributed by atoms with Gasteiger partial charge in [0.05, 0.1) is 18.1 Å². The number of amides is 1. The minimum atomic E-state index is -1.06. The molecular weight excluding hydrogens is 338 g/mol. The molecule has 5 nitrogen and oxygen atoms in total. The lowest BCUT2D eigenvalue weighted by atomic mass is 9.88. The molecule has 4 unspecified atom stereocenters. The molecule has 0 aromatic heterocycles. The zero-order valence-corrected chi connectivity index (χ0v) is 12.9. The van der Waals surface area contributed by atoms with E-state index in [0.29, 0.717) is 12.0 Å². The van der Waals surface area contributed by atoms with E-state index < -0.39 is 12.0 Å². The van der Waals surface area contributed by atoms with Gasteiger partial charge in [0.25, 0.3) is 0 Å². The van der Waals surface area contributed by atoms with Crippen molar-refractivity contribution in [1.29, 1.82) is 0 Å². The molecule has 2 heterocycles. The van der Waals surface area contributed by atoms with Crippen molar-refractivity contribution in [3.05, 3.63) is 34.3 Å². The number of fused-ring (bicyclic) bond motifs is 2. The van der Waals surface area contributed by atoms with Crippen LogP contribution in [0.25, 0.3) is 0 Å². The zero-order valence-electron chi connectivity index (χ0n) is 11.3. The van der Waals surface area contributed by atoms with E-state index in [1.54, 1.807) is 24.3 Å². The average molecular weight is 354 g/mol. The first-order chi connectivity index (χ1) is 10.0. The van der Waals surface area contributed by atoms with Gasteiger partial charge in [-0.2, -0.15) is 0 Å². The zero-order chi connectivity index (χ0) is 15.0. The van der Waals surface area contributed by atoms with Gasteiger partial charge in [-0.05, 0) is 37.0 Å². The topological polar surface area (TPSA) is 75.6 Å². The highest BCUT2D eigenvalue weighted by Crippen LogP contribution is 2.39. The molecule has 3 rings (SSSR count). The van der Waals surface area contributed by atoms with E-state index >= 15 is 0 Å². The largest absolute Gasteiger partial charge is 0.479 e. The van der Waals surface area contributed by atoms with E-state index in [2.05, 4.69) is 21.2 Å². The van der Waals surface area contributed by atoms with Gasteiger partial charge in [-0.15, -0.1) is 0 Å². The summed E-state index contributed by atoms with van der Waals surface area (Å²) >= 11 is 3.31. The number of carbonyl (C=O) groups is 2. The quantitative estimate of drug-likeness (QED) is 0.870. The van der Waals surface area contributed by atoms with Gasteiger partial charge < -0.3 is 15.2 Å². The lowest BCUT2D eigenvalue weighted by Gasteiger charge is -2.21. The summed E-state index contributed by atoms with van der Waals surface area (Å²) in [5.41, 5.74) is 0.558. The number of carbonyl (C=O) groups excluding carboxylic acids is 1. The first-order valence-electron chi connectivity index (χ1n) is 6.98. The Kier molecular flexibility index (Phi) is 3.99. The van der Waals surface area contributed by atoms with Crippen LogP contribution < -0.4 is 5.32 Å². The molecule has 2 saturated heterocycles. The highest BCUT2D eigenvalue weighted by atomic mass is 79.9. The van der Waals surface area contributed by atoms with E-state index in [-0.39, 0.29) is 24.0 Å². The molecule has 0 aliphatic carbocycles. The normalized spacial score (nSPS) is 28.3. The molecule has 21 heavy (non-hydrogen) atoms. The van der Waals surface area contributed by atoms with Crippen LogP contribution in [0, 0.1) is 5.92 Å². The molecule has 0 spiro atoms. The molecule has 0 saturated carbocycles. The fourth-order valence-corrected chi connectivity index (χ4v) is 3.37. The molecule has 1 aromatic carbocycles. The summed E-state index contributed by atoms with van der Waals surface area (Å²) in [7, 11) is 0. The van der Waals surface area contributed by atoms with Gasteiger partial charge in [0.15, 0.2) is 6.04 Å². The Morgan fingerprint density at radius 3 is 2.52 bits per heavy atom. The maximum atomic E-state index is 12.3. The molecule has 2 fully saturated rings. The summed E-state index contributed by atoms with van der Waals surface area (Å²) in [5.74, 6) is -1.51. The van der Waals surface area contributed by atoms with Gasteiger partial charge in [0.2, 0.25) is 5.91 Å². The van der Waals surface area contributed by atoms with Crippen LogP contribution in [0.2, 0.25) is 0 Å². The first-order valence-corrected chi connectivity index (χ1v) is 7.78. The van der Waals surface area contributed by atoms with Crippen molar-refractivity contribution < 1.29 is 19.4 Å². The van der Waals surface area contributed by atoms with E-state index in [1.807, 2.05) is 0 Å². The van der Waals surface area contributed by atoms with Crippen molar-refractivity contribution in [2.75, 3.05) is 0 Å². The van der Waals surface area contributed by atoms with Gasteiger partial charge in [-0.1, -0.05) is 28.1 Å². The van der Waals surface area contributed by atoms with Crippen LogP contribution in [0.3, 0.4) is 0 Å². The Morgan fingerprint density at radius 2 is 2.00 bits per heavy atom. The second-order valence-corrected chi connectivity index (χ2v) is 6.46. The van der Waals surface area contributed by atoms with E-state index in [1.165, 1.54) is 0 Å². The van der Waals surface area contributed by atoms with Crippen LogP contribution in [0.5, 0.6) is 0 Å². The Morgan fingerprint density at radius 1 is 1.29 bits per heavy atom. The van der Waals surface area contributed by atoms with Crippen molar-refractivity contribution in [3.63, 3.8) is 0 Å². The van der Waals surface area contributed by atoms with Crippen LogP contribution in [-0.4, -0.2) is 29.2 Å². The van der Waals surface area contributed by atoms with E-state index in [9.17, 15) is 14.7 Å². The average Bonchev–Trinajstić information content (AvgIpc) is 3.08. The molecule has 2 N–H and O–H groups in total. The van der Waals surface area contributed by atoms with Crippen molar-refractivity contribution in [2.24, 2.45) is 5.92 Å². The SMILES string of the molecule is O=C(O)C(NC(=O)C1CC2CCC1O2)c1ccc(Br)cc1. The second kappa shape index (κ2) is 5.77. The maximum absolute atomic E-state index is 12.3. The minimum absolute atomic E-state index is 0.0469. The second-order valence-electron chi connectivity index (χ2n) is 5.55. The highest BCUT2D eigenvalue weighted by Gasteiger charge is 2.45. The standard InChI is InChI=1S/C15H16BrNO4/c16-9-3-1-8(2-4-9)13(15(19)20)17-14(18)11-7-10-5-6-12(11)21-10/h1-4,10-13H,5-7H2,(H,17,18)(H,19,20). The monoisotopic (exact) mass is 353 g/mol. The number of halogens is 1. The van der Waals surface area contributed by atoms with Crippen molar-refractivity contribution >= 4 is 27.8 Å². The van der Waals surface area contributed by atoms with Crippen LogP contribution in [0.1, 0.15) is 30.9 Å². The first kappa shape index (κ1) is 14.5. The van der Waals surface area contributed by atoms with Crippen LogP contribution in [0.15, 0.2) is 28.7 Å². The summed E-state index contributed by atoms with van der Waals surface area (Å²) in [6, 6.07) is 5.89. The highest BCUT2D eigenvalue weighted by molar-refractivity contribution is 9.10. The van der Waals surface area contributed by atoms with Gasteiger partial charge in [0.1, 0.15) is 0 Å². The number of hydrogen-bond donors (Lipinski definition) is 2. The molecular formula is C15H16BrNO4. The number of nitrogens with one attached hydrogen (secondary N) is 1. The minimum Gasteiger partial charge on any atom is -0.479 e. The van der Waals surface area contributed by atoms with Gasteiger partial charge in [-0.25, -0.2) is 4.79 Å². The van der Waals surface area contributed by atoms with E-state index in [0.717, 1.165) is 17.3 Å². The number of benzene rings is 1. The Bertz CT molecular complexity index is 559. The van der Waals surface area contributed by atoms with Crippen molar-refractivity contribution in [2.45, 2.75) is 37.5 Å². The van der Waals surface area contributed by atoms with Gasteiger partial charge in [-0.3, -0.25) is 4.79 Å².